The fourth-order valence-corrected chi connectivity index (χ4v) is 3.12. The number of esters is 1. The second-order valence-corrected chi connectivity index (χ2v) is 6.84. The quantitative estimate of drug-likeness (QED) is 0.411. The molecule has 1 unspecified atom stereocenters. The maximum absolute atomic E-state index is 12.4. The van der Waals surface area contributed by atoms with Gasteiger partial charge >= 0.3 is 5.97 Å². The molecule has 0 saturated carbocycles. The van der Waals surface area contributed by atoms with Crippen molar-refractivity contribution >= 4 is 17.6 Å². The molecule has 0 spiro atoms. The van der Waals surface area contributed by atoms with E-state index in [1.807, 2.05) is 12.2 Å². The molecule has 1 aromatic carbocycles. The van der Waals surface area contributed by atoms with Crippen LogP contribution in [0.2, 0.25) is 0 Å². The second-order valence-electron chi connectivity index (χ2n) is 6.23. The molecule has 24 heavy (non-hydrogen) atoms. The molecule has 2 rings (SSSR count). The van der Waals surface area contributed by atoms with Crippen LogP contribution in [-0.4, -0.2) is 27.7 Å². The van der Waals surface area contributed by atoms with Crippen LogP contribution in [0, 0.1) is 0 Å². The number of fused-ring (bicyclic) bond motifs is 1. The second kappa shape index (κ2) is 8.25. The molecule has 1 aromatic rings. The van der Waals surface area contributed by atoms with Crippen molar-refractivity contribution in [1.29, 1.82) is 0 Å². The van der Waals surface area contributed by atoms with Gasteiger partial charge in [-0.05, 0) is 44.2 Å². The minimum atomic E-state index is -0.601. The highest BCUT2D eigenvalue weighted by Gasteiger charge is 2.22. The molecule has 2 N–H and O–H groups in total. The van der Waals surface area contributed by atoms with Crippen molar-refractivity contribution in [2.45, 2.75) is 50.5 Å². The smallest absolute Gasteiger partial charge is 0.342 e. The van der Waals surface area contributed by atoms with Crippen LogP contribution in [-0.2, 0) is 11.2 Å². The number of cyclic esters (lactones) is 1. The average Bonchev–Trinajstić information content (AvgIpc) is 2.44. The number of hydrogen-bond acceptors (Lipinski definition) is 4. The van der Waals surface area contributed by atoms with E-state index in [1.165, 1.54) is 6.07 Å². The minimum Gasteiger partial charge on any atom is -0.508 e. The van der Waals surface area contributed by atoms with Gasteiger partial charge in [0.25, 0.3) is 0 Å². The number of ether oxygens (including phenoxy) is 1. The first-order chi connectivity index (χ1) is 11.4. The summed E-state index contributed by atoms with van der Waals surface area (Å²) >= 11 is 6.34. The van der Waals surface area contributed by atoms with E-state index in [2.05, 4.69) is 6.58 Å². The normalized spacial score (nSPS) is 24.6. The lowest BCUT2D eigenvalue weighted by Crippen LogP contribution is -2.16. The lowest BCUT2D eigenvalue weighted by molar-refractivity contribution is 0.0343. The summed E-state index contributed by atoms with van der Waals surface area (Å²) in [5, 5.41) is 19.8. The van der Waals surface area contributed by atoms with Crippen LogP contribution in [0.1, 0.15) is 48.5 Å². The van der Waals surface area contributed by atoms with Crippen molar-refractivity contribution in [3.63, 3.8) is 0 Å². The van der Waals surface area contributed by atoms with Crippen LogP contribution in [0.5, 0.6) is 11.5 Å². The van der Waals surface area contributed by atoms with Gasteiger partial charge in [-0.1, -0.05) is 24.3 Å². The first-order valence-corrected chi connectivity index (χ1v) is 8.52. The van der Waals surface area contributed by atoms with Crippen molar-refractivity contribution in [3.8, 4) is 11.5 Å². The van der Waals surface area contributed by atoms with E-state index in [0.717, 1.165) is 24.5 Å². The fraction of sp³-hybridized carbons (Fsp3) is 0.421. The highest BCUT2D eigenvalue weighted by atomic mass is 35.5. The highest BCUT2D eigenvalue weighted by Crippen LogP contribution is 2.31. The summed E-state index contributed by atoms with van der Waals surface area (Å²) in [5.74, 6) is -0.998. The molecule has 0 saturated heterocycles. The van der Waals surface area contributed by atoms with Gasteiger partial charge in [0.2, 0.25) is 0 Å². The summed E-state index contributed by atoms with van der Waals surface area (Å²) in [6.07, 6.45) is 6.95. The van der Waals surface area contributed by atoms with Gasteiger partial charge in [-0.3, -0.25) is 0 Å². The lowest BCUT2D eigenvalue weighted by atomic mass is 9.96. The molecule has 4 nitrogen and oxygen atoms in total. The Morgan fingerprint density at radius 2 is 2.04 bits per heavy atom. The summed E-state index contributed by atoms with van der Waals surface area (Å²) in [6, 6.07) is 2.60. The van der Waals surface area contributed by atoms with Crippen LogP contribution in [0.3, 0.4) is 0 Å². The van der Waals surface area contributed by atoms with Gasteiger partial charge in [0.05, 0.1) is 0 Å². The molecule has 5 heteroatoms. The molecule has 1 heterocycles. The molecule has 0 aliphatic carbocycles. The molecule has 0 aromatic heterocycles. The number of phenolic OH excluding ortho intramolecular Hbond substituents is 2. The number of alkyl halides is 1. The number of benzene rings is 1. The van der Waals surface area contributed by atoms with E-state index in [1.54, 1.807) is 6.92 Å². The molecule has 1 aliphatic rings. The molecule has 1 aliphatic heterocycles. The third-order valence-electron chi connectivity index (χ3n) is 3.93. The lowest BCUT2D eigenvalue weighted by Gasteiger charge is -2.17. The highest BCUT2D eigenvalue weighted by molar-refractivity contribution is 6.20. The van der Waals surface area contributed by atoms with E-state index in [9.17, 15) is 15.0 Å². The number of carbonyl (C=O) groups is 1. The van der Waals surface area contributed by atoms with Gasteiger partial charge in [0.15, 0.2) is 0 Å². The van der Waals surface area contributed by atoms with Crippen molar-refractivity contribution in [3.05, 3.63) is 47.6 Å². The Hall–Kier alpha value is -1.94. The third-order valence-corrected chi connectivity index (χ3v) is 4.30. The number of carbonyl (C=O) groups excluding carboxylic acids is 1. The van der Waals surface area contributed by atoms with Crippen LogP contribution in [0.4, 0.5) is 0 Å². The summed E-state index contributed by atoms with van der Waals surface area (Å²) in [7, 11) is 0. The summed E-state index contributed by atoms with van der Waals surface area (Å²) < 4.78 is 5.41. The Balaban J connectivity index is 2.37. The molecular formula is C19H23ClO4. The van der Waals surface area contributed by atoms with Crippen LogP contribution < -0.4 is 0 Å². The van der Waals surface area contributed by atoms with Crippen LogP contribution >= 0.6 is 11.6 Å². The topological polar surface area (TPSA) is 66.8 Å². The average molecular weight is 351 g/mol. The van der Waals surface area contributed by atoms with Gasteiger partial charge in [0, 0.05) is 17.9 Å². The van der Waals surface area contributed by atoms with Gasteiger partial charge in [-0.25, -0.2) is 4.79 Å². The number of rotatable bonds is 0. The Morgan fingerprint density at radius 3 is 2.79 bits per heavy atom. The van der Waals surface area contributed by atoms with Gasteiger partial charge in [-0.2, -0.15) is 0 Å². The predicted octanol–water partition coefficient (Wildman–Crippen LogP) is 4.48. The number of halogens is 1. The number of phenols is 2. The number of allylic oxidation sites excluding steroid dienone is 2. The van der Waals surface area contributed by atoms with Gasteiger partial charge in [0.1, 0.15) is 23.2 Å². The van der Waals surface area contributed by atoms with Crippen molar-refractivity contribution in [2.75, 3.05) is 0 Å². The van der Waals surface area contributed by atoms with Gasteiger partial charge < -0.3 is 14.9 Å². The van der Waals surface area contributed by atoms with E-state index >= 15 is 0 Å². The molecule has 130 valence electrons. The zero-order chi connectivity index (χ0) is 17.7. The first kappa shape index (κ1) is 18.4. The molecule has 0 amide bonds. The minimum absolute atomic E-state index is 0.0381. The molecular weight excluding hydrogens is 328 g/mol. The van der Waals surface area contributed by atoms with Crippen LogP contribution in [0.25, 0.3) is 0 Å². The van der Waals surface area contributed by atoms with E-state index in [0.29, 0.717) is 24.8 Å². The zero-order valence-electron chi connectivity index (χ0n) is 13.8. The molecule has 0 fully saturated rings. The Bertz CT molecular complexity index is 651. The third kappa shape index (κ3) is 5.03. The maximum atomic E-state index is 12.4. The van der Waals surface area contributed by atoms with Crippen molar-refractivity contribution in [2.24, 2.45) is 0 Å². The maximum Gasteiger partial charge on any atom is 0.342 e. The van der Waals surface area contributed by atoms with Gasteiger partial charge in [-0.15, -0.1) is 11.6 Å². The number of hydrogen-bond donors (Lipinski definition) is 2. The summed E-state index contributed by atoms with van der Waals surface area (Å²) in [5.41, 5.74) is 1.40. The zero-order valence-corrected chi connectivity index (χ0v) is 14.6. The standard InChI is InChI=1S/C19H23ClO4/c1-12-8-14-10-16(21)11-17(22)18(14)19(23)24-13(2)6-4-3-5-7-15(20)9-12/h3-4,10-11,13,15,21-22H,1,5-9H2,2H3/b4-3+/t13-,15?/m1/s1. The monoisotopic (exact) mass is 350 g/mol. The summed E-state index contributed by atoms with van der Waals surface area (Å²) in [6.45, 7) is 5.82. The Morgan fingerprint density at radius 1 is 1.29 bits per heavy atom. The first-order valence-electron chi connectivity index (χ1n) is 8.08. The summed E-state index contributed by atoms with van der Waals surface area (Å²) in [4.78, 5) is 12.4. The molecule has 2 atom stereocenters. The van der Waals surface area contributed by atoms with Crippen molar-refractivity contribution in [1.82, 2.24) is 0 Å². The van der Waals surface area contributed by atoms with E-state index in [-0.39, 0.29) is 28.5 Å². The fourth-order valence-electron chi connectivity index (χ4n) is 2.77. The Labute approximate surface area is 147 Å². The van der Waals surface area contributed by atoms with E-state index in [4.69, 9.17) is 16.3 Å². The molecule has 0 radical (unpaired) electrons. The SMILES string of the molecule is C=C1Cc2cc(O)cc(O)c2C(=O)O[C@H](C)C/C=C/CCC(Cl)C1. The number of aromatic hydroxyl groups is 2. The van der Waals surface area contributed by atoms with Crippen LogP contribution in [0.15, 0.2) is 36.4 Å². The largest absolute Gasteiger partial charge is 0.508 e. The predicted molar refractivity (Wildman–Crippen MR) is 94.7 cm³/mol. The van der Waals surface area contributed by atoms with E-state index < -0.39 is 5.97 Å². The van der Waals surface area contributed by atoms with Crippen molar-refractivity contribution < 1.29 is 19.7 Å². The molecule has 0 bridgehead atoms. The Kier molecular flexibility index (Phi) is 6.32.